The molecule has 132 valence electrons. The number of nitrogens with one attached hydrogen (secondary N) is 1. The lowest BCUT2D eigenvalue weighted by atomic mass is 9.90. The molecule has 6 heteroatoms. The van der Waals surface area contributed by atoms with Crippen LogP contribution in [0.2, 0.25) is 0 Å². The van der Waals surface area contributed by atoms with Crippen LogP contribution in [0.25, 0.3) is 10.9 Å². The Labute approximate surface area is 147 Å². The Morgan fingerprint density at radius 2 is 2.12 bits per heavy atom. The third-order valence-electron chi connectivity index (χ3n) is 5.33. The van der Waals surface area contributed by atoms with Crippen LogP contribution in [0, 0.1) is 6.92 Å². The first-order valence-electron chi connectivity index (χ1n) is 8.70. The Morgan fingerprint density at radius 3 is 2.80 bits per heavy atom. The van der Waals surface area contributed by atoms with E-state index in [1.165, 1.54) is 5.56 Å². The van der Waals surface area contributed by atoms with Crippen LogP contribution in [0.1, 0.15) is 18.4 Å². The van der Waals surface area contributed by atoms with Crippen LogP contribution in [0.3, 0.4) is 0 Å². The second-order valence-electron chi connectivity index (χ2n) is 6.89. The fourth-order valence-electron chi connectivity index (χ4n) is 3.75. The van der Waals surface area contributed by atoms with Gasteiger partial charge in [0.15, 0.2) is 0 Å². The molecule has 0 unspecified atom stereocenters. The summed E-state index contributed by atoms with van der Waals surface area (Å²) in [6, 6.07) is 8.16. The maximum Gasteiger partial charge on any atom is 0.246 e. The molecular weight excluding hydrogens is 318 g/mol. The molecule has 0 saturated carbocycles. The van der Waals surface area contributed by atoms with E-state index in [0.717, 1.165) is 48.4 Å². The van der Waals surface area contributed by atoms with Crippen LogP contribution in [0.15, 0.2) is 24.3 Å². The van der Waals surface area contributed by atoms with Gasteiger partial charge in [-0.2, -0.15) is 0 Å². The van der Waals surface area contributed by atoms with Gasteiger partial charge in [0.25, 0.3) is 0 Å². The number of pyridine rings is 1. The van der Waals surface area contributed by atoms with Gasteiger partial charge in [-0.1, -0.05) is 12.1 Å². The molecule has 25 heavy (non-hydrogen) atoms. The predicted molar refractivity (Wildman–Crippen MR) is 96.2 cm³/mol. The number of aromatic nitrogens is 1. The van der Waals surface area contributed by atoms with Gasteiger partial charge in [0.05, 0.1) is 12.7 Å². The number of piperidine rings is 1. The Balaban J connectivity index is 1.58. The van der Waals surface area contributed by atoms with Crippen molar-refractivity contribution in [2.45, 2.75) is 25.4 Å². The molecule has 2 fully saturated rings. The lowest BCUT2D eigenvalue weighted by molar-refractivity contribution is -0.146. The summed E-state index contributed by atoms with van der Waals surface area (Å²) in [7, 11) is 1.68. The number of morpholine rings is 1. The number of rotatable bonds is 2. The molecule has 0 aliphatic carbocycles. The van der Waals surface area contributed by atoms with Gasteiger partial charge in [-0.25, -0.2) is 4.98 Å². The molecular formula is C19H23N3O3. The van der Waals surface area contributed by atoms with Gasteiger partial charge in [0.1, 0.15) is 23.7 Å². The normalized spacial score (nSPS) is 19.9. The van der Waals surface area contributed by atoms with Crippen LogP contribution >= 0.6 is 0 Å². The Hall–Kier alpha value is -2.34. The molecule has 1 spiro atoms. The van der Waals surface area contributed by atoms with Crippen LogP contribution in [0.5, 0.6) is 5.75 Å². The van der Waals surface area contributed by atoms with Crippen molar-refractivity contribution in [1.29, 1.82) is 0 Å². The van der Waals surface area contributed by atoms with E-state index in [0.29, 0.717) is 6.54 Å². The van der Waals surface area contributed by atoms with E-state index in [9.17, 15) is 4.79 Å². The van der Waals surface area contributed by atoms with E-state index < -0.39 is 0 Å². The van der Waals surface area contributed by atoms with E-state index in [1.54, 1.807) is 7.11 Å². The van der Waals surface area contributed by atoms with Crippen molar-refractivity contribution in [2.24, 2.45) is 0 Å². The number of hydrogen-bond donors (Lipinski definition) is 1. The summed E-state index contributed by atoms with van der Waals surface area (Å²) < 4.78 is 11.3. The van der Waals surface area contributed by atoms with Gasteiger partial charge in [-0.15, -0.1) is 0 Å². The van der Waals surface area contributed by atoms with E-state index in [1.807, 2.05) is 12.1 Å². The molecule has 1 amide bonds. The maximum atomic E-state index is 11.3. The third kappa shape index (κ3) is 2.91. The van der Waals surface area contributed by atoms with Crippen molar-refractivity contribution < 1.29 is 14.3 Å². The molecule has 0 atom stereocenters. The van der Waals surface area contributed by atoms with Crippen molar-refractivity contribution in [3.63, 3.8) is 0 Å². The highest BCUT2D eigenvalue weighted by molar-refractivity contribution is 5.88. The summed E-state index contributed by atoms with van der Waals surface area (Å²) in [6.07, 6.45) is 1.77. The quantitative estimate of drug-likeness (QED) is 0.906. The van der Waals surface area contributed by atoms with Crippen molar-refractivity contribution >= 4 is 22.6 Å². The molecule has 2 saturated heterocycles. The van der Waals surface area contributed by atoms with Crippen molar-refractivity contribution in [3.05, 3.63) is 29.8 Å². The number of methoxy groups -OCH3 is 1. The highest BCUT2D eigenvalue weighted by Gasteiger charge is 2.39. The summed E-state index contributed by atoms with van der Waals surface area (Å²) in [5, 5.41) is 4.05. The topological polar surface area (TPSA) is 63.7 Å². The van der Waals surface area contributed by atoms with Gasteiger partial charge in [0, 0.05) is 25.0 Å². The predicted octanol–water partition coefficient (Wildman–Crippen LogP) is 2.04. The van der Waals surface area contributed by atoms with E-state index in [2.05, 4.69) is 29.3 Å². The average molecular weight is 341 g/mol. The lowest BCUT2D eigenvalue weighted by Gasteiger charge is -2.44. The van der Waals surface area contributed by atoms with E-state index in [-0.39, 0.29) is 18.1 Å². The number of hydrogen-bond acceptors (Lipinski definition) is 5. The molecule has 6 nitrogen and oxygen atoms in total. The third-order valence-corrected chi connectivity index (χ3v) is 5.33. The molecule has 1 N–H and O–H groups in total. The zero-order chi connectivity index (χ0) is 17.4. The zero-order valence-electron chi connectivity index (χ0n) is 14.7. The number of benzene rings is 1. The van der Waals surface area contributed by atoms with Crippen LogP contribution in [0.4, 0.5) is 5.82 Å². The molecule has 0 bridgehead atoms. The summed E-state index contributed by atoms with van der Waals surface area (Å²) in [4.78, 5) is 18.5. The Morgan fingerprint density at radius 1 is 1.32 bits per heavy atom. The van der Waals surface area contributed by atoms with E-state index in [4.69, 9.17) is 14.5 Å². The highest BCUT2D eigenvalue weighted by atomic mass is 16.5. The monoisotopic (exact) mass is 341 g/mol. The summed E-state index contributed by atoms with van der Waals surface area (Å²) in [5.41, 5.74) is 1.88. The minimum atomic E-state index is -0.214. The SMILES string of the molecule is COc1cccc2c(C)cc(N3CCC4(CC3)CNC(=O)CO4)nc12. The number of amides is 1. The maximum absolute atomic E-state index is 11.3. The number of carbonyl (C=O) groups excluding carboxylic acids is 1. The van der Waals surface area contributed by atoms with Crippen LogP contribution in [-0.4, -0.2) is 49.8 Å². The number of anilines is 1. The first kappa shape index (κ1) is 16.1. The van der Waals surface area contributed by atoms with Crippen molar-refractivity contribution in [3.8, 4) is 5.75 Å². The van der Waals surface area contributed by atoms with Gasteiger partial charge in [0.2, 0.25) is 5.91 Å². The second kappa shape index (κ2) is 6.19. The fourth-order valence-corrected chi connectivity index (χ4v) is 3.75. The number of aryl methyl sites for hydroxylation is 1. The molecule has 4 rings (SSSR count). The Kier molecular flexibility index (Phi) is 4.00. The first-order valence-corrected chi connectivity index (χ1v) is 8.70. The molecule has 2 aliphatic rings. The number of nitrogens with zero attached hydrogens (tertiary/aromatic N) is 2. The Bertz CT molecular complexity index is 801. The fraction of sp³-hybridized carbons (Fsp3) is 0.474. The standard InChI is InChI=1S/C19H23N3O3/c1-13-10-16(21-18-14(13)4-3-5-15(18)24-2)22-8-6-19(7-9-22)12-20-17(23)11-25-19/h3-5,10H,6-9,11-12H2,1-2H3,(H,20,23). The van der Waals surface area contributed by atoms with Gasteiger partial charge in [-0.05, 0) is 37.5 Å². The molecule has 1 aromatic carbocycles. The number of para-hydroxylation sites is 1. The number of ether oxygens (including phenoxy) is 2. The zero-order valence-corrected chi connectivity index (χ0v) is 14.7. The molecule has 2 aromatic rings. The minimum Gasteiger partial charge on any atom is -0.494 e. The molecule has 0 radical (unpaired) electrons. The van der Waals surface area contributed by atoms with Crippen LogP contribution in [-0.2, 0) is 9.53 Å². The lowest BCUT2D eigenvalue weighted by Crippen LogP contribution is -2.57. The van der Waals surface area contributed by atoms with Crippen LogP contribution < -0.4 is 15.0 Å². The summed E-state index contributed by atoms with van der Waals surface area (Å²) in [6.45, 7) is 4.62. The highest BCUT2D eigenvalue weighted by Crippen LogP contribution is 2.33. The summed E-state index contributed by atoms with van der Waals surface area (Å²) in [5.74, 6) is 1.76. The number of fused-ring (bicyclic) bond motifs is 1. The van der Waals surface area contributed by atoms with Crippen molar-refractivity contribution in [2.75, 3.05) is 38.3 Å². The largest absolute Gasteiger partial charge is 0.494 e. The van der Waals surface area contributed by atoms with Crippen molar-refractivity contribution in [1.82, 2.24) is 10.3 Å². The van der Waals surface area contributed by atoms with E-state index >= 15 is 0 Å². The van der Waals surface area contributed by atoms with Gasteiger partial charge >= 0.3 is 0 Å². The minimum absolute atomic E-state index is 0.0213. The molecule has 2 aliphatic heterocycles. The first-order chi connectivity index (χ1) is 12.1. The van der Waals surface area contributed by atoms with Gasteiger partial charge in [-0.3, -0.25) is 4.79 Å². The van der Waals surface area contributed by atoms with Gasteiger partial charge < -0.3 is 19.7 Å². The molecule has 1 aromatic heterocycles. The second-order valence-corrected chi connectivity index (χ2v) is 6.89. The smallest absolute Gasteiger partial charge is 0.246 e. The summed E-state index contributed by atoms with van der Waals surface area (Å²) >= 11 is 0. The molecule has 3 heterocycles. The average Bonchev–Trinajstić information content (AvgIpc) is 2.64. The number of carbonyl (C=O) groups is 1.